The summed E-state index contributed by atoms with van der Waals surface area (Å²) in [4.78, 5) is 16.9. The minimum Gasteiger partial charge on any atom is -0.489 e. The van der Waals surface area contributed by atoms with Crippen LogP contribution < -0.4 is 10.1 Å². The van der Waals surface area contributed by atoms with Gasteiger partial charge in [-0.05, 0) is 23.6 Å². The first kappa shape index (κ1) is 17.5. The molecule has 2 rings (SSSR count). The first-order valence-electron chi connectivity index (χ1n) is 7.83. The fourth-order valence-corrected chi connectivity index (χ4v) is 2.39. The predicted octanol–water partition coefficient (Wildman–Crippen LogP) is 2.92. The van der Waals surface area contributed by atoms with Crippen LogP contribution in [0.3, 0.4) is 0 Å². The van der Waals surface area contributed by atoms with Crippen molar-refractivity contribution in [2.45, 2.75) is 20.0 Å². The molecular formula is C19H22N2O3. The van der Waals surface area contributed by atoms with Crippen LogP contribution in [0.15, 0.2) is 53.7 Å². The second kappa shape index (κ2) is 8.72. The summed E-state index contributed by atoms with van der Waals surface area (Å²) in [6.45, 7) is 2.43. The number of nitrogens with one attached hydrogen (secondary N) is 1. The molecule has 2 aromatic rings. The lowest BCUT2D eigenvalue weighted by Gasteiger charge is -2.13. The Morgan fingerprint density at radius 2 is 1.75 bits per heavy atom. The van der Waals surface area contributed by atoms with Crippen molar-refractivity contribution in [1.29, 1.82) is 0 Å². The van der Waals surface area contributed by atoms with E-state index in [0.29, 0.717) is 12.2 Å². The highest BCUT2D eigenvalue weighted by Gasteiger charge is 2.17. The molecule has 24 heavy (non-hydrogen) atoms. The van der Waals surface area contributed by atoms with Gasteiger partial charge in [-0.15, -0.1) is 0 Å². The second-order valence-electron chi connectivity index (χ2n) is 5.11. The molecule has 0 spiro atoms. The zero-order valence-corrected chi connectivity index (χ0v) is 14.2. The third-order valence-corrected chi connectivity index (χ3v) is 3.63. The third kappa shape index (κ3) is 4.13. The lowest BCUT2D eigenvalue weighted by Crippen LogP contribution is -2.29. The molecule has 1 N–H and O–H groups in total. The van der Waals surface area contributed by atoms with E-state index < -0.39 is 0 Å². The van der Waals surface area contributed by atoms with Crippen molar-refractivity contribution < 1.29 is 14.4 Å². The van der Waals surface area contributed by atoms with E-state index in [2.05, 4.69) is 17.4 Å². The molecule has 1 amide bonds. The van der Waals surface area contributed by atoms with Crippen molar-refractivity contribution in [3.05, 3.63) is 65.2 Å². The molecule has 0 radical (unpaired) electrons. The average molecular weight is 326 g/mol. The van der Waals surface area contributed by atoms with Crippen LogP contribution in [0.25, 0.3) is 0 Å². The Morgan fingerprint density at radius 3 is 2.42 bits per heavy atom. The topological polar surface area (TPSA) is 59.9 Å². The van der Waals surface area contributed by atoms with Gasteiger partial charge >= 0.3 is 0 Å². The van der Waals surface area contributed by atoms with Crippen LogP contribution in [0.4, 0.5) is 0 Å². The molecule has 0 aliphatic rings. The Bertz CT molecular complexity index is 726. The maximum atomic E-state index is 12.1. The number of hydrogen-bond donors (Lipinski definition) is 1. The number of oxime groups is 1. The van der Waals surface area contributed by atoms with Gasteiger partial charge < -0.3 is 14.9 Å². The molecule has 0 bridgehead atoms. The standard InChI is InChI=1S/C19H22N2O3/c1-4-14-9-6-8-12-17(14)24-13-15-10-5-7-11-16(15)18(21-23-3)19(22)20-2/h5-12H,4,13H2,1-3H3,(H,20,22)/b21-18-. The van der Waals surface area contributed by atoms with Gasteiger partial charge in [0.2, 0.25) is 0 Å². The number of carbonyl (C=O) groups excluding carboxylic acids is 1. The van der Waals surface area contributed by atoms with Crippen LogP contribution in [0.1, 0.15) is 23.6 Å². The fraction of sp³-hybridized carbons (Fsp3) is 0.263. The smallest absolute Gasteiger partial charge is 0.273 e. The Kier molecular flexibility index (Phi) is 6.37. The molecule has 5 nitrogen and oxygen atoms in total. The number of likely N-dealkylation sites (N-methyl/N-ethyl adjacent to an activating group) is 1. The maximum absolute atomic E-state index is 12.1. The highest BCUT2D eigenvalue weighted by atomic mass is 16.6. The average Bonchev–Trinajstić information content (AvgIpc) is 2.64. The number of rotatable bonds is 7. The van der Waals surface area contributed by atoms with E-state index in [0.717, 1.165) is 23.3 Å². The van der Waals surface area contributed by atoms with Crippen LogP contribution in [0.5, 0.6) is 5.75 Å². The molecule has 0 aliphatic heterocycles. The summed E-state index contributed by atoms with van der Waals surface area (Å²) in [6, 6.07) is 15.4. The van der Waals surface area contributed by atoms with Crippen molar-refractivity contribution in [2.24, 2.45) is 5.16 Å². The van der Waals surface area contributed by atoms with Crippen molar-refractivity contribution in [3.63, 3.8) is 0 Å². The summed E-state index contributed by atoms with van der Waals surface area (Å²) in [5.41, 5.74) is 2.92. The monoisotopic (exact) mass is 326 g/mol. The van der Waals surface area contributed by atoms with Gasteiger partial charge in [0.25, 0.3) is 5.91 Å². The van der Waals surface area contributed by atoms with E-state index in [4.69, 9.17) is 9.57 Å². The van der Waals surface area contributed by atoms with E-state index in [1.165, 1.54) is 7.11 Å². The number of amides is 1. The van der Waals surface area contributed by atoms with Gasteiger partial charge in [-0.2, -0.15) is 0 Å². The van der Waals surface area contributed by atoms with Crippen LogP contribution in [0.2, 0.25) is 0 Å². The lowest BCUT2D eigenvalue weighted by molar-refractivity contribution is -0.114. The Labute approximate surface area is 142 Å². The molecule has 0 aliphatic carbocycles. The van der Waals surface area contributed by atoms with Crippen molar-refractivity contribution in [1.82, 2.24) is 5.32 Å². The maximum Gasteiger partial charge on any atom is 0.273 e. The largest absolute Gasteiger partial charge is 0.489 e. The zero-order valence-electron chi connectivity index (χ0n) is 14.2. The predicted molar refractivity (Wildman–Crippen MR) is 94.2 cm³/mol. The molecule has 126 valence electrons. The highest BCUT2D eigenvalue weighted by molar-refractivity contribution is 6.45. The summed E-state index contributed by atoms with van der Waals surface area (Å²) in [5.74, 6) is 0.540. The van der Waals surface area contributed by atoms with E-state index >= 15 is 0 Å². The zero-order chi connectivity index (χ0) is 17.4. The van der Waals surface area contributed by atoms with Gasteiger partial charge in [0.1, 0.15) is 19.5 Å². The van der Waals surface area contributed by atoms with Crippen LogP contribution >= 0.6 is 0 Å². The minimum atomic E-state index is -0.307. The normalized spacial score (nSPS) is 11.0. The van der Waals surface area contributed by atoms with Gasteiger partial charge in [0.05, 0.1) is 0 Å². The van der Waals surface area contributed by atoms with Gasteiger partial charge in [0, 0.05) is 12.6 Å². The molecule has 0 atom stereocenters. The second-order valence-corrected chi connectivity index (χ2v) is 5.11. The highest BCUT2D eigenvalue weighted by Crippen LogP contribution is 2.21. The van der Waals surface area contributed by atoms with Crippen LogP contribution in [-0.4, -0.2) is 25.8 Å². The summed E-state index contributed by atoms with van der Waals surface area (Å²) in [5, 5.41) is 6.44. The Morgan fingerprint density at radius 1 is 1.08 bits per heavy atom. The number of para-hydroxylation sites is 1. The molecule has 0 fully saturated rings. The van der Waals surface area contributed by atoms with E-state index in [-0.39, 0.29) is 11.6 Å². The Balaban J connectivity index is 2.29. The minimum absolute atomic E-state index is 0.225. The number of benzene rings is 2. The van der Waals surface area contributed by atoms with Crippen LogP contribution in [0, 0.1) is 0 Å². The number of aryl methyl sites for hydroxylation is 1. The molecule has 0 saturated heterocycles. The first-order chi connectivity index (χ1) is 11.7. The summed E-state index contributed by atoms with van der Waals surface area (Å²) < 4.78 is 5.97. The molecule has 2 aromatic carbocycles. The number of ether oxygens (including phenoxy) is 1. The lowest BCUT2D eigenvalue weighted by atomic mass is 10.0. The number of nitrogens with zero attached hydrogens (tertiary/aromatic N) is 1. The summed E-state index contributed by atoms with van der Waals surface area (Å²) in [7, 11) is 2.98. The van der Waals surface area contributed by atoms with Crippen molar-refractivity contribution >= 4 is 11.6 Å². The number of carbonyl (C=O) groups is 1. The van der Waals surface area contributed by atoms with Gasteiger partial charge in [0.15, 0.2) is 5.71 Å². The van der Waals surface area contributed by atoms with Gasteiger partial charge in [-0.3, -0.25) is 4.79 Å². The van der Waals surface area contributed by atoms with Gasteiger partial charge in [-0.25, -0.2) is 0 Å². The molecule has 0 unspecified atom stereocenters. The van der Waals surface area contributed by atoms with Crippen molar-refractivity contribution in [3.8, 4) is 5.75 Å². The first-order valence-corrected chi connectivity index (χ1v) is 7.83. The molecule has 5 heteroatoms. The van der Waals surface area contributed by atoms with Gasteiger partial charge in [-0.1, -0.05) is 54.5 Å². The molecule has 0 aromatic heterocycles. The molecule has 0 saturated carbocycles. The van der Waals surface area contributed by atoms with E-state index in [1.807, 2.05) is 48.5 Å². The molecule has 0 heterocycles. The SMILES string of the molecule is CCc1ccccc1OCc1ccccc1/C(=N/OC)C(=O)NC. The quantitative estimate of drug-likeness (QED) is 0.629. The van der Waals surface area contributed by atoms with Crippen LogP contribution in [-0.2, 0) is 22.7 Å². The summed E-state index contributed by atoms with van der Waals surface area (Å²) >= 11 is 0. The van der Waals surface area contributed by atoms with E-state index in [1.54, 1.807) is 7.05 Å². The van der Waals surface area contributed by atoms with E-state index in [9.17, 15) is 4.79 Å². The molecular weight excluding hydrogens is 304 g/mol. The number of hydrogen-bond acceptors (Lipinski definition) is 4. The fourth-order valence-electron chi connectivity index (χ4n) is 2.39. The Hall–Kier alpha value is -2.82. The third-order valence-electron chi connectivity index (χ3n) is 3.63. The summed E-state index contributed by atoms with van der Waals surface area (Å²) in [6.07, 6.45) is 0.895. The van der Waals surface area contributed by atoms with Crippen molar-refractivity contribution in [2.75, 3.05) is 14.2 Å².